The molecule has 0 spiro atoms. The Kier molecular flexibility index (Phi) is 4.99. The Morgan fingerprint density at radius 3 is 2.32 bits per heavy atom. The number of aromatic nitrogens is 2. The van der Waals surface area contributed by atoms with Crippen molar-refractivity contribution in [3.63, 3.8) is 0 Å². The van der Waals surface area contributed by atoms with Gasteiger partial charge in [0.2, 0.25) is 5.95 Å². The number of rotatable bonds is 5. The van der Waals surface area contributed by atoms with E-state index >= 15 is 0 Å². The maximum atomic E-state index is 13.6. The standard InChI is InChI=1S/C19H17FN4O/c1-13(14-7-3-2-4-8-14)23-19-21-11-15(12-22-19)18(25)24-17-10-6-5-9-16(17)20/h2-13H,1H3,(H,24,25)(H,21,22,23). The number of hydrogen-bond acceptors (Lipinski definition) is 4. The van der Waals surface area contributed by atoms with E-state index in [2.05, 4.69) is 20.6 Å². The number of amides is 1. The van der Waals surface area contributed by atoms with Crippen LogP contribution in [0.25, 0.3) is 0 Å². The number of para-hydroxylation sites is 1. The number of carbonyl (C=O) groups excluding carboxylic acids is 1. The van der Waals surface area contributed by atoms with Crippen LogP contribution in [0.3, 0.4) is 0 Å². The molecular formula is C19H17FN4O. The largest absolute Gasteiger partial charge is 0.348 e. The molecule has 1 unspecified atom stereocenters. The van der Waals surface area contributed by atoms with Gasteiger partial charge in [-0.2, -0.15) is 0 Å². The molecule has 5 nitrogen and oxygen atoms in total. The molecule has 3 aromatic rings. The highest BCUT2D eigenvalue weighted by Gasteiger charge is 2.11. The fraction of sp³-hybridized carbons (Fsp3) is 0.105. The van der Waals surface area contributed by atoms with E-state index in [0.29, 0.717) is 5.95 Å². The number of nitrogens with one attached hydrogen (secondary N) is 2. The first-order valence-corrected chi connectivity index (χ1v) is 7.83. The molecule has 1 heterocycles. The lowest BCUT2D eigenvalue weighted by Gasteiger charge is -2.14. The Hall–Kier alpha value is -3.28. The summed E-state index contributed by atoms with van der Waals surface area (Å²) in [6.07, 6.45) is 2.81. The summed E-state index contributed by atoms with van der Waals surface area (Å²) in [6.45, 7) is 2.00. The molecule has 0 aliphatic rings. The van der Waals surface area contributed by atoms with Crippen LogP contribution in [0.15, 0.2) is 67.0 Å². The van der Waals surface area contributed by atoms with Gasteiger partial charge in [0, 0.05) is 12.4 Å². The SMILES string of the molecule is CC(Nc1ncc(C(=O)Nc2ccccc2F)cn1)c1ccccc1. The fourth-order valence-corrected chi connectivity index (χ4v) is 2.30. The molecule has 1 amide bonds. The van der Waals surface area contributed by atoms with E-state index in [1.807, 2.05) is 37.3 Å². The summed E-state index contributed by atoms with van der Waals surface area (Å²) in [5.41, 5.74) is 1.47. The highest BCUT2D eigenvalue weighted by Crippen LogP contribution is 2.17. The van der Waals surface area contributed by atoms with Crippen molar-refractivity contribution in [2.75, 3.05) is 10.6 Å². The van der Waals surface area contributed by atoms with Crippen LogP contribution in [0.4, 0.5) is 16.0 Å². The lowest BCUT2D eigenvalue weighted by atomic mass is 10.1. The molecule has 0 aliphatic heterocycles. The Balaban J connectivity index is 1.66. The van der Waals surface area contributed by atoms with Gasteiger partial charge in [0.05, 0.1) is 17.3 Å². The Labute approximate surface area is 145 Å². The summed E-state index contributed by atoms with van der Waals surface area (Å²) in [5, 5.41) is 5.67. The van der Waals surface area contributed by atoms with Crippen molar-refractivity contribution in [2.45, 2.75) is 13.0 Å². The van der Waals surface area contributed by atoms with Gasteiger partial charge in [-0.25, -0.2) is 14.4 Å². The normalized spacial score (nSPS) is 11.6. The van der Waals surface area contributed by atoms with Crippen LogP contribution < -0.4 is 10.6 Å². The smallest absolute Gasteiger partial charge is 0.258 e. The van der Waals surface area contributed by atoms with Crippen LogP contribution >= 0.6 is 0 Å². The van der Waals surface area contributed by atoms with Gasteiger partial charge >= 0.3 is 0 Å². The fourth-order valence-electron chi connectivity index (χ4n) is 2.30. The van der Waals surface area contributed by atoms with E-state index in [-0.39, 0.29) is 17.3 Å². The van der Waals surface area contributed by atoms with Gasteiger partial charge in [0.25, 0.3) is 5.91 Å². The lowest BCUT2D eigenvalue weighted by Crippen LogP contribution is -2.15. The maximum absolute atomic E-state index is 13.6. The van der Waals surface area contributed by atoms with Crippen LogP contribution in [0, 0.1) is 5.82 Å². The zero-order chi connectivity index (χ0) is 17.6. The summed E-state index contributed by atoms with van der Waals surface area (Å²) in [7, 11) is 0. The quantitative estimate of drug-likeness (QED) is 0.738. The third-order valence-electron chi connectivity index (χ3n) is 3.68. The van der Waals surface area contributed by atoms with Crippen LogP contribution in [-0.4, -0.2) is 15.9 Å². The van der Waals surface area contributed by atoms with Gasteiger partial charge < -0.3 is 10.6 Å². The van der Waals surface area contributed by atoms with E-state index in [1.165, 1.54) is 24.5 Å². The molecule has 1 atom stereocenters. The van der Waals surface area contributed by atoms with Crippen LogP contribution in [-0.2, 0) is 0 Å². The van der Waals surface area contributed by atoms with E-state index in [1.54, 1.807) is 12.1 Å². The van der Waals surface area contributed by atoms with Gasteiger partial charge in [0.1, 0.15) is 5.82 Å². The Bertz CT molecular complexity index is 853. The minimum atomic E-state index is -0.494. The second-order valence-corrected chi connectivity index (χ2v) is 5.51. The van der Waals surface area contributed by atoms with E-state index in [9.17, 15) is 9.18 Å². The third kappa shape index (κ3) is 4.17. The van der Waals surface area contributed by atoms with Crippen LogP contribution in [0.2, 0.25) is 0 Å². The highest BCUT2D eigenvalue weighted by molar-refractivity contribution is 6.03. The van der Waals surface area contributed by atoms with Gasteiger partial charge in [-0.15, -0.1) is 0 Å². The molecule has 6 heteroatoms. The lowest BCUT2D eigenvalue weighted by molar-refractivity contribution is 0.102. The number of carbonyl (C=O) groups is 1. The van der Waals surface area contributed by atoms with Crippen molar-refractivity contribution < 1.29 is 9.18 Å². The zero-order valence-corrected chi connectivity index (χ0v) is 13.6. The van der Waals surface area contributed by atoms with Crippen molar-refractivity contribution in [3.8, 4) is 0 Å². The molecule has 0 saturated carbocycles. The van der Waals surface area contributed by atoms with Crippen LogP contribution in [0.1, 0.15) is 28.9 Å². The molecule has 1 aromatic heterocycles. The Morgan fingerprint density at radius 2 is 1.64 bits per heavy atom. The number of hydrogen-bond donors (Lipinski definition) is 2. The number of benzene rings is 2. The van der Waals surface area contributed by atoms with Crippen molar-refractivity contribution in [2.24, 2.45) is 0 Å². The summed E-state index contributed by atoms with van der Waals surface area (Å²) >= 11 is 0. The second-order valence-electron chi connectivity index (χ2n) is 5.51. The molecule has 0 radical (unpaired) electrons. The van der Waals surface area contributed by atoms with Gasteiger partial charge in [-0.1, -0.05) is 42.5 Å². The monoisotopic (exact) mass is 336 g/mol. The first-order chi connectivity index (χ1) is 12.1. The topological polar surface area (TPSA) is 66.9 Å². The van der Waals surface area contributed by atoms with E-state index in [0.717, 1.165) is 5.56 Å². The minimum absolute atomic E-state index is 0.0271. The van der Waals surface area contributed by atoms with Gasteiger partial charge in [-0.05, 0) is 24.6 Å². The molecule has 0 aliphatic carbocycles. The molecule has 3 rings (SSSR count). The minimum Gasteiger partial charge on any atom is -0.348 e. The van der Waals surface area contributed by atoms with Gasteiger partial charge in [-0.3, -0.25) is 4.79 Å². The summed E-state index contributed by atoms with van der Waals surface area (Å²) in [4.78, 5) is 20.4. The van der Waals surface area contributed by atoms with Gasteiger partial charge in [0.15, 0.2) is 0 Å². The average molecular weight is 336 g/mol. The first-order valence-electron chi connectivity index (χ1n) is 7.83. The van der Waals surface area contributed by atoms with E-state index < -0.39 is 11.7 Å². The number of nitrogens with zero attached hydrogens (tertiary/aromatic N) is 2. The maximum Gasteiger partial charge on any atom is 0.258 e. The van der Waals surface area contributed by atoms with Crippen molar-refractivity contribution in [1.82, 2.24) is 9.97 Å². The second kappa shape index (κ2) is 7.53. The Morgan fingerprint density at radius 1 is 1.00 bits per heavy atom. The molecule has 25 heavy (non-hydrogen) atoms. The molecule has 2 N–H and O–H groups in total. The van der Waals surface area contributed by atoms with Crippen molar-refractivity contribution >= 4 is 17.5 Å². The van der Waals surface area contributed by atoms with Crippen molar-refractivity contribution in [3.05, 3.63) is 83.9 Å². The first kappa shape index (κ1) is 16.6. The average Bonchev–Trinajstić information content (AvgIpc) is 2.65. The molecule has 2 aromatic carbocycles. The van der Waals surface area contributed by atoms with E-state index in [4.69, 9.17) is 0 Å². The molecule has 0 fully saturated rings. The van der Waals surface area contributed by atoms with Crippen molar-refractivity contribution in [1.29, 1.82) is 0 Å². The molecule has 126 valence electrons. The number of halogens is 1. The predicted molar refractivity (Wildman–Crippen MR) is 94.9 cm³/mol. The predicted octanol–water partition coefficient (Wildman–Crippen LogP) is 4.04. The molecule has 0 bridgehead atoms. The summed E-state index contributed by atoms with van der Waals surface area (Å²) in [6, 6.07) is 15.9. The molecular weight excluding hydrogens is 319 g/mol. The summed E-state index contributed by atoms with van der Waals surface area (Å²) in [5.74, 6) is -0.543. The molecule has 0 saturated heterocycles. The zero-order valence-electron chi connectivity index (χ0n) is 13.6. The third-order valence-corrected chi connectivity index (χ3v) is 3.68. The van der Waals surface area contributed by atoms with Crippen LogP contribution in [0.5, 0.6) is 0 Å². The summed E-state index contributed by atoms with van der Waals surface area (Å²) < 4.78 is 13.6. The highest BCUT2D eigenvalue weighted by atomic mass is 19.1. The number of anilines is 2.